The lowest BCUT2D eigenvalue weighted by Gasteiger charge is -2.16. The molecule has 0 unspecified atom stereocenters. The van der Waals surface area contributed by atoms with E-state index in [4.69, 9.17) is 5.73 Å². The second-order valence-corrected chi connectivity index (χ2v) is 6.55. The smallest absolute Gasteiger partial charge is 0.240 e. The van der Waals surface area contributed by atoms with Crippen LogP contribution >= 0.6 is 22.6 Å². The summed E-state index contributed by atoms with van der Waals surface area (Å²) in [5.41, 5.74) is 6.36. The van der Waals surface area contributed by atoms with Crippen molar-refractivity contribution >= 4 is 34.4 Å². The van der Waals surface area contributed by atoms with Gasteiger partial charge in [0.05, 0.1) is 6.42 Å². The van der Waals surface area contributed by atoms with Gasteiger partial charge in [0.25, 0.3) is 0 Å². The van der Waals surface area contributed by atoms with E-state index in [0.29, 0.717) is 0 Å². The van der Waals surface area contributed by atoms with E-state index < -0.39 is 29.5 Å². The summed E-state index contributed by atoms with van der Waals surface area (Å²) in [4.78, 5) is 23.6. The van der Waals surface area contributed by atoms with Crippen LogP contribution in [-0.4, -0.2) is 17.9 Å². The number of nitrogens with two attached hydrogens (primary N) is 1. The molecule has 0 radical (unpaired) electrons. The zero-order valence-electron chi connectivity index (χ0n) is 12.6. The van der Waals surface area contributed by atoms with Crippen molar-refractivity contribution in [1.29, 1.82) is 0 Å². The van der Waals surface area contributed by atoms with Crippen LogP contribution in [0.3, 0.4) is 0 Å². The number of benzene rings is 2. The highest BCUT2D eigenvalue weighted by molar-refractivity contribution is 14.1. The molecule has 2 aromatic carbocycles. The molecule has 2 aromatic rings. The molecule has 4 nitrogen and oxygen atoms in total. The van der Waals surface area contributed by atoms with Crippen molar-refractivity contribution in [2.45, 2.75) is 18.9 Å². The third kappa shape index (κ3) is 5.55. The molecule has 7 heteroatoms. The van der Waals surface area contributed by atoms with Crippen LogP contribution in [0.5, 0.6) is 0 Å². The average Bonchev–Trinajstić information content (AvgIpc) is 2.47. The van der Waals surface area contributed by atoms with Gasteiger partial charge in [-0.05, 0) is 58.0 Å². The van der Waals surface area contributed by atoms with Crippen molar-refractivity contribution < 1.29 is 18.4 Å². The Morgan fingerprint density at radius 2 is 1.62 bits per heavy atom. The predicted octanol–water partition coefficient (Wildman–Crippen LogP) is 2.32. The van der Waals surface area contributed by atoms with Gasteiger partial charge in [-0.25, -0.2) is 8.78 Å². The van der Waals surface area contributed by atoms with E-state index in [2.05, 4.69) is 27.9 Å². The minimum Gasteiger partial charge on any atom is -0.368 e. The predicted molar refractivity (Wildman–Crippen MR) is 94.1 cm³/mol. The largest absolute Gasteiger partial charge is 0.368 e. The third-order valence-electron chi connectivity index (χ3n) is 3.32. The molecule has 0 heterocycles. The van der Waals surface area contributed by atoms with Crippen molar-refractivity contribution in [3.05, 3.63) is 68.8 Å². The molecule has 1 atom stereocenters. The summed E-state index contributed by atoms with van der Waals surface area (Å²) < 4.78 is 27.3. The van der Waals surface area contributed by atoms with Gasteiger partial charge in [-0.3, -0.25) is 9.59 Å². The first-order chi connectivity index (χ1) is 11.3. The lowest BCUT2D eigenvalue weighted by Crippen LogP contribution is -2.46. The number of hydrogen-bond donors (Lipinski definition) is 2. The first-order valence-corrected chi connectivity index (χ1v) is 8.19. The molecule has 0 saturated carbocycles. The van der Waals surface area contributed by atoms with Crippen molar-refractivity contribution in [3.8, 4) is 0 Å². The Balaban J connectivity index is 2.02. The van der Waals surface area contributed by atoms with Crippen LogP contribution in [0.15, 0.2) is 42.5 Å². The Hall–Kier alpha value is -2.03. The molecule has 3 N–H and O–H groups in total. The molecular formula is C17H15F2IN2O2. The molecule has 0 aromatic heterocycles. The van der Waals surface area contributed by atoms with Crippen LogP contribution < -0.4 is 11.1 Å². The summed E-state index contributed by atoms with van der Waals surface area (Å²) in [6, 6.07) is 9.41. The third-order valence-corrected chi connectivity index (χ3v) is 4.04. The van der Waals surface area contributed by atoms with Gasteiger partial charge < -0.3 is 11.1 Å². The molecule has 0 aliphatic carbocycles. The summed E-state index contributed by atoms with van der Waals surface area (Å²) in [5, 5.41) is 2.51. The number of amides is 2. The highest BCUT2D eigenvalue weighted by atomic mass is 127. The molecule has 2 rings (SSSR count). The normalized spacial score (nSPS) is 11.8. The summed E-state index contributed by atoms with van der Waals surface area (Å²) in [7, 11) is 0. The molecular weight excluding hydrogens is 429 g/mol. The number of hydrogen-bond acceptors (Lipinski definition) is 2. The fraction of sp³-hybridized carbons (Fsp3) is 0.176. The van der Waals surface area contributed by atoms with Crippen molar-refractivity contribution in [1.82, 2.24) is 5.32 Å². The second-order valence-electron chi connectivity index (χ2n) is 5.31. The summed E-state index contributed by atoms with van der Waals surface area (Å²) >= 11 is 2.16. The lowest BCUT2D eigenvalue weighted by atomic mass is 10.0. The molecule has 126 valence electrons. The van der Waals surface area contributed by atoms with E-state index in [1.807, 2.05) is 24.3 Å². The van der Waals surface area contributed by atoms with Crippen LogP contribution in [0.2, 0.25) is 0 Å². The number of nitrogens with one attached hydrogen (secondary N) is 1. The van der Waals surface area contributed by atoms with Crippen molar-refractivity contribution in [3.63, 3.8) is 0 Å². The Kier molecular flexibility index (Phi) is 6.24. The molecule has 0 aliphatic heterocycles. The van der Waals surface area contributed by atoms with E-state index in [-0.39, 0.29) is 18.4 Å². The van der Waals surface area contributed by atoms with E-state index in [1.54, 1.807) is 0 Å². The van der Waals surface area contributed by atoms with E-state index in [1.165, 1.54) is 0 Å². The van der Waals surface area contributed by atoms with Crippen LogP contribution in [-0.2, 0) is 22.4 Å². The number of halogens is 3. The second kappa shape index (κ2) is 8.18. The van der Waals surface area contributed by atoms with E-state index in [0.717, 1.165) is 27.3 Å². The lowest BCUT2D eigenvalue weighted by molar-refractivity contribution is -0.127. The minimum atomic E-state index is -0.893. The molecule has 2 amide bonds. The SMILES string of the molecule is NC(=O)[C@@H](Cc1ccc(I)cc1)NC(=O)Cc1cc(F)cc(F)c1. The van der Waals surface area contributed by atoms with Crippen LogP contribution in [0.4, 0.5) is 8.78 Å². The standard InChI is InChI=1S/C17H15F2IN2O2/c18-12-5-11(6-13(19)9-12)8-16(23)22-15(17(21)24)7-10-1-3-14(20)4-2-10/h1-6,9,15H,7-8H2,(H2,21,24)(H,22,23)/t15-/m1/s1. The monoisotopic (exact) mass is 444 g/mol. The Morgan fingerprint density at radius 3 is 2.17 bits per heavy atom. The number of primary amides is 1. The van der Waals surface area contributed by atoms with Gasteiger partial charge in [0, 0.05) is 16.1 Å². The number of rotatable bonds is 6. The zero-order chi connectivity index (χ0) is 17.7. The zero-order valence-corrected chi connectivity index (χ0v) is 14.7. The van der Waals surface area contributed by atoms with Gasteiger partial charge in [-0.1, -0.05) is 12.1 Å². The van der Waals surface area contributed by atoms with Gasteiger partial charge in [-0.15, -0.1) is 0 Å². The molecule has 0 fully saturated rings. The van der Waals surface area contributed by atoms with Gasteiger partial charge in [-0.2, -0.15) is 0 Å². The average molecular weight is 444 g/mol. The number of carbonyl (C=O) groups is 2. The number of carbonyl (C=O) groups excluding carboxylic acids is 2. The first kappa shape index (κ1) is 18.3. The Morgan fingerprint density at radius 1 is 1.04 bits per heavy atom. The maximum absolute atomic E-state index is 13.1. The maximum atomic E-state index is 13.1. The highest BCUT2D eigenvalue weighted by Crippen LogP contribution is 2.11. The fourth-order valence-corrected chi connectivity index (χ4v) is 2.58. The van der Waals surface area contributed by atoms with Gasteiger partial charge in [0.2, 0.25) is 11.8 Å². The van der Waals surface area contributed by atoms with Crippen LogP contribution in [0.25, 0.3) is 0 Å². The van der Waals surface area contributed by atoms with Crippen molar-refractivity contribution in [2.75, 3.05) is 0 Å². The Bertz CT molecular complexity index is 731. The Labute approximate surface area is 151 Å². The van der Waals surface area contributed by atoms with Gasteiger partial charge >= 0.3 is 0 Å². The van der Waals surface area contributed by atoms with E-state index >= 15 is 0 Å². The first-order valence-electron chi connectivity index (χ1n) is 7.11. The quantitative estimate of drug-likeness (QED) is 0.672. The summed E-state index contributed by atoms with van der Waals surface area (Å²) in [6.07, 6.45) is 0.000648. The fourth-order valence-electron chi connectivity index (χ4n) is 2.22. The molecule has 0 spiro atoms. The molecule has 24 heavy (non-hydrogen) atoms. The van der Waals surface area contributed by atoms with Crippen LogP contribution in [0, 0.1) is 15.2 Å². The van der Waals surface area contributed by atoms with Crippen LogP contribution in [0.1, 0.15) is 11.1 Å². The van der Waals surface area contributed by atoms with Gasteiger partial charge in [0.15, 0.2) is 0 Å². The minimum absolute atomic E-state index is 0.183. The van der Waals surface area contributed by atoms with E-state index in [9.17, 15) is 18.4 Å². The highest BCUT2D eigenvalue weighted by Gasteiger charge is 2.19. The molecule has 0 saturated heterocycles. The maximum Gasteiger partial charge on any atom is 0.240 e. The topological polar surface area (TPSA) is 72.2 Å². The summed E-state index contributed by atoms with van der Waals surface area (Å²) in [5.74, 6) is -2.73. The van der Waals surface area contributed by atoms with Gasteiger partial charge in [0.1, 0.15) is 17.7 Å². The van der Waals surface area contributed by atoms with Crippen molar-refractivity contribution in [2.24, 2.45) is 5.73 Å². The summed E-state index contributed by atoms with van der Waals surface area (Å²) in [6.45, 7) is 0. The molecule has 0 aliphatic rings. The molecule has 0 bridgehead atoms.